The first kappa shape index (κ1) is 14.4. The molecule has 1 aromatic carbocycles. The molecular formula is C15H19NO4. The molecule has 1 fully saturated rings. The predicted octanol–water partition coefficient (Wildman–Crippen LogP) is 2.16. The highest BCUT2D eigenvalue weighted by Crippen LogP contribution is 2.34. The number of rotatable bonds is 4. The summed E-state index contributed by atoms with van der Waals surface area (Å²) >= 11 is 0. The molecule has 2 atom stereocenters. The Kier molecular flexibility index (Phi) is 4.27. The van der Waals surface area contributed by atoms with E-state index in [9.17, 15) is 14.7 Å². The molecule has 1 aliphatic carbocycles. The lowest BCUT2D eigenvalue weighted by Gasteiger charge is -2.23. The SMILES string of the molecule is COc1cccc(N(C)C(=O)C2CCCC2C(=O)O)c1. The van der Waals surface area contributed by atoms with E-state index in [4.69, 9.17) is 4.74 Å². The van der Waals surface area contributed by atoms with E-state index >= 15 is 0 Å². The van der Waals surface area contributed by atoms with Gasteiger partial charge in [0.1, 0.15) is 5.75 Å². The zero-order chi connectivity index (χ0) is 14.7. The standard InChI is InChI=1S/C15H19NO4/c1-16(10-5-3-6-11(9-10)20-2)14(17)12-7-4-8-13(12)15(18)19/h3,5-6,9,12-13H,4,7-8H2,1-2H3,(H,18,19). The van der Waals surface area contributed by atoms with E-state index in [1.54, 1.807) is 32.4 Å². The maximum absolute atomic E-state index is 12.5. The molecule has 0 aliphatic heterocycles. The molecule has 1 saturated carbocycles. The Morgan fingerprint density at radius 3 is 2.65 bits per heavy atom. The number of ether oxygens (including phenoxy) is 1. The summed E-state index contributed by atoms with van der Waals surface area (Å²) in [6.07, 6.45) is 2.02. The van der Waals surface area contributed by atoms with Crippen LogP contribution in [0.15, 0.2) is 24.3 Å². The fourth-order valence-electron chi connectivity index (χ4n) is 2.75. The minimum atomic E-state index is -0.875. The molecule has 5 nitrogen and oxygen atoms in total. The highest BCUT2D eigenvalue weighted by molar-refractivity contribution is 5.97. The number of amides is 1. The third-order valence-electron chi connectivity index (χ3n) is 3.92. The van der Waals surface area contributed by atoms with Crippen molar-refractivity contribution >= 4 is 17.6 Å². The van der Waals surface area contributed by atoms with Crippen LogP contribution in [0.1, 0.15) is 19.3 Å². The van der Waals surface area contributed by atoms with Crippen LogP contribution in [0.2, 0.25) is 0 Å². The fraction of sp³-hybridized carbons (Fsp3) is 0.467. The molecule has 1 aliphatic rings. The Balaban J connectivity index is 2.17. The highest BCUT2D eigenvalue weighted by Gasteiger charge is 2.39. The number of aliphatic carboxylic acids is 1. The zero-order valence-electron chi connectivity index (χ0n) is 11.7. The van der Waals surface area contributed by atoms with E-state index < -0.39 is 17.8 Å². The van der Waals surface area contributed by atoms with E-state index in [1.165, 1.54) is 4.90 Å². The number of carboxylic acid groups (broad SMARTS) is 1. The van der Waals surface area contributed by atoms with E-state index in [2.05, 4.69) is 0 Å². The van der Waals surface area contributed by atoms with Gasteiger partial charge in [-0.2, -0.15) is 0 Å². The van der Waals surface area contributed by atoms with Crippen LogP contribution in [0.5, 0.6) is 5.75 Å². The second-order valence-electron chi connectivity index (χ2n) is 5.08. The van der Waals surface area contributed by atoms with Crippen LogP contribution in [-0.4, -0.2) is 31.1 Å². The summed E-state index contributed by atoms with van der Waals surface area (Å²) < 4.78 is 5.14. The van der Waals surface area contributed by atoms with Gasteiger partial charge >= 0.3 is 5.97 Å². The number of hydrogen-bond acceptors (Lipinski definition) is 3. The summed E-state index contributed by atoms with van der Waals surface area (Å²) in [7, 11) is 3.24. The maximum Gasteiger partial charge on any atom is 0.307 e. The molecule has 20 heavy (non-hydrogen) atoms. The quantitative estimate of drug-likeness (QED) is 0.915. The van der Waals surface area contributed by atoms with Crippen LogP contribution in [0, 0.1) is 11.8 Å². The number of benzene rings is 1. The average Bonchev–Trinajstić information content (AvgIpc) is 2.95. The van der Waals surface area contributed by atoms with Crippen molar-refractivity contribution in [2.75, 3.05) is 19.1 Å². The molecule has 1 aromatic rings. The van der Waals surface area contributed by atoms with Gasteiger partial charge in [-0.1, -0.05) is 12.5 Å². The van der Waals surface area contributed by atoms with E-state index in [0.717, 1.165) is 6.42 Å². The summed E-state index contributed by atoms with van der Waals surface area (Å²) in [5, 5.41) is 9.18. The van der Waals surface area contributed by atoms with Gasteiger partial charge in [0, 0.05) is 18.8 Å². The molecule has 1 amide bonds. The molecule has 2 rings (SSSR count). The first-order valence-corrected chi connectivity index (χ1v) is 6.69. The topological polar surface area (TPSA) is 66.8 Å². The molecule has 108 valence electrons. The van der Waals surface area contributed by atoms with E-state index in [-0.39, 0.29) is 5.91 Å². The number of anilines is 1. The molecule has 2 unspecified atom stereocenters. The Labute approximate surface area is 118 Å². The summed E-state index contributed by atoms with van der Waals surface area (Å²) in [6.45, 7) is 0. The van der Waals surface area contributed by atoms with Gasteiger partial charge in [-0.3, -0.25) is 9.59 Å². The van der Waals surface area contributed by atoms with Crippen molar-refractivity contribution in [3.05, 3.63) is 24.3 Å². The van der Waals surface area contributed by atoms with E-state index in [1.807, 2.05) is 6.07 Å². The number of carbonyl (C=O) groups excluding carboxylic acids is 1. The zero-order valence-corrected chi connectivity index (χ0v) is 11.7. The number of methoxy groups -OCH3 is 1. The van der Waals surface area contributed by atoms with Crippen LogP contribution in [-0.2, 0) is 9.59 Å². The molecule has 0 spiro atoms. The first-order chi connectivity index (χ1) is 9.54. The number of carboxylic acids is 1. The van der Waals surface area contributed by atoms with Crippen molar-refractivity contribution in [3.63, 3.8) is 0 Å². The average molecular weight is 277 g/mol. The Morgan fingerprint density at radius 1 is 1.30 bits per heavy atom. The lowest BCUT2D eigenvalue weighted by Crippen LogP contribution is -2.36. The van der Waals surface area contributed by atoms with Gasteiger partial charge in [0.15, 0.2) is 0 Å². The molecule has 0 heterocycles. The first-order valence-electron chi connectivity index (χ1n) is 6.69. The lowest BCUT2D eigenvalue weighted by molar-refractivity contribution is -0.145. The van der Waals surface area contributed by atoms with Crippen molar-refractivity contribution < 1.29 is 19.4 Å². The number of carbonyl (C=O) groups is 2. The monoisotopic (exact) mass is 277 g/mol. The summed E-state index contributed by atoms with van der Waals surface area (Å²) in [5.41, 5.74) is 0.713. The molecule has 1 N–H and O–H groups in total. The van der Waals surface area contributed by atoms with Gasteiger partial charge in [-0.15, -0.1) is 0 Å². The molecule has 0 radical (unpaired) electrons. The normalized spacial score (nSPS) is 21.5. The van der Waals surface area contributed by atoms with Gasteiger partial charge in [-0.25, -0.2) is 0 Å². The molecule has 0 bridgehead atoms. The lowest BCUT2D eigenvalue weighted by atomic mass is 9.94. The Hall–Kier alpha value is -2.04. The van der Waals surface area contributed by atoms with Gasteiger partial charge in [0.2, 0.25) is 5.91 Å². The van der Waals surface area contributed by atoms with Crippen LogP contribution in [0.4, 0.5) is 5.69 Å². The molecular weight excluding hydrogens is 258 g/mol. The summed E-state index contributed by atoms with van der Waals surface area (Å²) in [4.78, 5) is 25.2. The third-order valence-corrected chi connectivity index (χ3v) is 3.92. The minimum absolute atomic E-state index is 0.136. The molecule has 0 aromatic heterocycles. The fourth-order valence-corrected chi connectivity index (χ4v) is 2.75. The highest BCUT2D eigenvalue weighted by atomic mass is 16.5. The van der Waals surface area contributed by atoms with Crippen molar-refractivity contribution in [1.82, 2.24) is 0 Å². The van der Waals surface area contributed by atoms with E-state index in [0.29, 0.717) is 24.3 Å². The largest absolute Gasteiger partial charge is 0.497 e. The molecule has 0 saturated heterocycles. The number of hydrogen-bond donors (Lipinski definition) is 1. The van der Waals surface area contributed by atoms with Gasteiger partial charge in [0.25, 0.3) is 0 Å². The maximum atomic E-state index is 12.5. The van der Waals surface area contributed by atoms with Crippen molar-refractivity contribution in [2.45, 2.75) is 19.3 Å². The van der Waals surface area contributed by atoms with Gasteiger partial charge in [0.05, 0.1) is 18.9 Å². The molecule has 5 heteroatoms. The smallest absolute Gasteiger partial charge is 0.307 e. The number of nitrogens with zero attached hydrogens (tertiary/aromatic N) is 1. The summed E-state index contributed by atoms with van der Waals surface area (Å²) in [5.74, 6) is -1.33. The van der Waals surface area contributed by atoms with Gasteiger partial charge in [-0.05, 0) is 25.0 Å². The van der Waals surface area contributed by atoms with Crippen LogP contribution in [0.25, 0.3) is 0 Å². The Bertz CT molecular complexity index is 514. The van der Waals surface area contributed by atoms with Crippen molar-refractivity contribution in [1.29, 1.82) is 0 Å². The second kappa shape index (κ2) is 5.94. The van der Waals surface area contributed by atoms with Crippen LogP contribution >= 0.6 is 0 Å². The predicted molar refractivity (Wildman–Crippen MR) is 74.9 cm³/mol. The minimum Gasteiger partial charge on any atom is -0.497 e. The van der Waals surface area contributed by atoms with Crippen molar-refractivity contribution in [3.8, 4) is 5.75 Å². The summed E-state index contributed by atoms with van der Waals surface area (Å²) in [6, 6.07) is 7.19. The van der Waals surface area contributed by atoms with Crippen LogP contribution < -0.4 is 9.64 Å². The third kappa shape index (κ3) is 2.76. The van der Waals surface area contributed by atoms with Crippen LogP contribution in [0.3, 0.4) is 0 Å². The van der Waals surface area contributed by atoms with Gasteiger partial charge < -0.3 is 14.7 Å². The van der Waals surface area contributed by atoms with Crippen molar-refractivity contribution in [2.24, 2.45) is 11.8 Å². The second-order valence-corrected chi connectivity index (χ2v) is 5.08. The Morgan fingerprint density at radius 2 is 2.00 bits per heavy atom.